The minimum absolute atomic E-state index is 0.0301. The molecule has 11 nitrogen and oxygen atoms in total. The van der Waals surface area contributed by atoms with E-state index < -0.39 is 41.1 Å². The Morgan fingerprint density at radius 2 is 1.97 bits per heavy atom. The minimum Gasteiger partial charge on any atom is -0.459 e. The number of thiophene rings is 1. The van der Waals surface area contributed by atoms with Gasteiger partial charge in [-0.05, 0) is 36.6 Å². The first-order valence-electron chi connectivity index (χ1n) is 10.3. The molecule has 3 aromatic heterocycles. The molecule has 0 atom stereocenters. The smallest absolute Gasteiger partial charge is 0.349 e. The van der Waals surface area contributed by atoms with E-state index in [4.69, 9.17) is 14.9 Å². The van der Waals surface area contributed by atoms with Gasteiger partial charge in [0.2, 0.25) is 5.78 Å². The Bertz CT molecular complexity index is 1360. The Morgan fingerprint density at radius 3 is 2.59 bits per heavy atom. The van der Waals surface area contributed by atoms with Crippen LogP contribution in [0.25, 0.3) is 0 Å². The first kappa shape index (κ1) is 24.7. The normalized spacial score (nSPS) is 11.0. The average molecular weight is 489 g/mol. The third kappa shape index (κ3) is 5.01. The van der Waals surface area contributed by atoms with Crippen molar-refractivity contribution in [3.05, 3.63) is 67.1 Å². The summed E-state index contributed by atoms with van der Waals surface area (Å²) >= 11 is 0.965. The Kier molecular flexibility index (Phi) is 7.20. The largest absolute Gasteiger partial charge is 0.459 e. The van der Waals surface area contributed by atoms with Crippen molar-refractivity contribution in [3.63, 3.8) is 0 Å². The zero-order valence-electron chi connectivity index (χ0n) is 19.0. The number of rotatable bonds is 8. The highest BCUT2D eigenvalue weighted by molar-refractivity contribution is 7.18. The summed E-state index contributed by atoms with van der Waals surface area (Å²) in [5.74, 6) is -2.24. The zero-order chi connectivity index (χ0) is 25.2. The van der Waals surface area contributed by atoms with E-state index in [1.807, 2.05) is 13.8 Å². The van der Waals surface area contributed by atoms with Crippen LogP contribution < -0.4 is 22.3 Å². The maximum Gasteiger partial charge on any atom is 0.349 e. The third-order valence-corrected chi connectivity index (χ3v) is 5.96. The Labute approximate surface area is 197 Å². The van der Waals surface area contributed by atoms with Crippen LogP contribution >= 0.6 is 11.3 Å². The van der Waals surface area contributed by atoms with E-state index >= 15 is 0 Å². The lowest BCUT2D eigenvalue weighted by molar-refractivity contribution is 0.0478. The fourth-order valence-corrected chi connectivity index (χ4v) is 4.14. The molecule has 0 saturated carbocycles. The second-order valence-corrected chi connectivity index (χ2v) is 9.02. The van der Waals surface area contributed by atoms with Crippen molar-refractivity contribution in [1.29, 1.82) is 0 Å². The maximum atomic E-state index is 12.7. The molecule has 0 saturated heterocycles. The predicted molar refractivity (Wildman–Crippen MR) is 126 cm³/mol. The van der Waals surface area contributed by atoms with Gasteiger partial charge < -0.3 is 20.2 Å². The molecule has 180 valence electrons. The van der Waals surface area contributed by atoms with Crippen molar-refractivity contribution in [2.75, 3.05) is 17.7 Å². The molecule has 34 heavy (non-hydrogen) atoms. The number of hydrogen-bond acceptors (Lipinski definition) is 9. The lowest BCUT2D eigenvalue weighted by Crippen LogP contribution is -2.43. The van der Waals surface area contributed by atoms with Crippen LogP contribution in [0, 0.1) is 12.8 Å². The molecule has 0 bridgehead atoms. The Hall–Kier alpha value is -3.93. The summed E-state index contributed by atoms with van der Waals surface area (Å²) in [6, 6.07) is 4.65. The SMILES string of the molecule is Cc1cc(NC(=O)c2ccco2)sc1C(=O)OCC(=O)c1c(N)n(CC(C)C)c(=O)n(C)c1=O. The minimum atomic E-state index is -0.862. The van der Waals surface area contributed by atoms with Crippen molar-refractivity contribution in [2.24, 2.45) is 13.0 Å². The molecule has 12 heteroatoms. The quantitative estimate of drug-likeness (QED) is 0.360. The second-order valence-electron chi connectivity index (χ2n) is 7.96. The van der Waals surface area contributed by atoms with E-state index in [-0.39, 0.29) is 28.9 Å². The number of carbonyl (C=O) groups excluding carboxylic acids is 3. The van der Waals surface area contributed by atoms with Crippen LogP contribution in [-0.4, -0.2) is 33.4 Å². The first-order chi connectivity index (χ1) is 16.0. The van der Waals surface area contributed by atoms with Crippen molar-refractivity contribution in [3.8, 4) is 0 Å². The van der Waals surface area contributed by atoms with E-state index in [1.165, 1.54) is 19.4 Å². The average Bonchev–Trinajstić information content (AvgIpc) is 3.43. The molecule has 0 radical (unpaired) electrons. The van der Waals surface area contributed by atoms with Gasteiger partial charge in [0.15, 0.2) is 12.4 Å². The molecule has 0 fully saturated rings. The summed E-state index contributed by atoms with van der Waals surface area (Å²) in [7, 11) is 1.25. The van der Waals surface area contributed by atoms with Crippen molar-refractivity contribution in [2.45, 2.75) is 27.3 Å². The fourth-order valence-electron chi connectivity index (χ4n) is 3.18. The lowest BCUT2D eigenvalue weighted by atomic mass is 10.1. The summed E-state index contributed by atoms with van der Waals surface area (Å²) in [5.41, 5.74) is 4.59. The van der Waals surface area contributed by atoms with Gasteiger partial charge in [-0.1, -0.05) is 13.8 Å². The molecule has 3 rings (SSSR count). The number of Topliss-reactive ketones (excluding diaryl/α,β-unsaturated/α-hetero) is 1. The highest BCUT2D eigenvalue weighted by atomic mass is 32.1. The lowest BCUT2D eigenvalue weighted by Gasteiger charge is -2.16. The van der Waals surface area contributed by atoms with Crippen molar-refractivity contribution in [1.82, 2.24) is 9.13 Å². The summed E-state index contributed by atoms with van der Waals surface area (Å²) < 4.78 is 12.1. The number of ketones is 1. The number of nitrogen functional groups attached to an aromatic ring is 1. The second kappa shape index (κ2) is 9.91. The van der Waals surface area contributed by atoms with Crippen LogP contribution in [0.2, 0.25) is 0 Å². The number of nitrogens with one attached hydrogen (secondary N) is 1. The van der Waals surface area contributed by atoms with Crippen molar-refractivity contribution < 1.29 is 23.5 Å². The number of furan rings is 1. The number of aryl methyl sites for hydroxylation is 1. The topological polar surface area (TPSA) is 156 Å². The van der Waals surface area contributed by atoms with Crippen LogP contribution in [0.1, 0.15) is 50.0 Å². The molecule has 0 spiro atoms. The van der Waals surface area contributed by atoms with Crippen LogP contribution in [0.4, 0.5) is 10.8 Å². The van der Waals surface area contributed by atoms with Crippen LogP contribution in [0.15, 0.2) is 38.5 Å². The van der Waals surface area contributed by atoms with E-state index in [2.05, 4.69) is 5.32 Å². The van der Waals surface area contributed by atoms with E-state index in [0.29, 0.717) is 10.6 Å². The maximum absolute atomic E-state index is 12.7. The molecular weight excluding hydrogens is 464 g/mol. The number of nitrogens with two attached hydrogens (primary N) is 1. The Morgan fingerprint density at radius 1 is 1.26 bits per heavy atom. The first-order valence-corrected chi connectivity index (χ1v) is 11.1. The molecule has 3 N–H and O–H groups in total. The summed E-state index contributed by atoms with van der Waals surface area (Å²) in [6.07, 6.45) is 1.36. The Balaban J connectivity index is 1.76. The summed E-state index contributed by atoms with van der Waals surface area (Å²) in [5, 5.41) is 3.00. The van der Waals surface area contributed by atoms with E-state index in [9.17, 15) is 24.0 Å². The molecule has 0 aliphatic carbocycles. The molecule has 3 heterocycles. The number of nitrogens with zero attached hydrogens (tertiary/aromatic N) is 2. The number of ether oxygens (including phenoxy) is 1. The van der Waals surface area contributed by atoms with Crippen LogP contribution in [-0.2, 0) is 18.3 Å². The molecule has 0 unspecified atom stereocenters. The number of hydrogen-bond donors (Lipinski definition) is 2. The molecule has 0 aromatic carbocycles. The highest BCUT2D eigenvalue weighted by Crippen LogP contribution is 2.28. The molecule has 0 aliphatic rings. The zero-order valence-corrected chi connectivity index (χ0v) is 19.9. The van der Waals surface area contributed by atoms with Gasteiger partial charge in [-0.3, -0.25) is 23.5 Å². The number of esters is 1. The highest BCUT2D eigenvalue weighted by Gasteiger charge is 2.24. The van der Waals surface area contributed by atoms with Gasteiger partial charge in [0.1, 0.15) is 16.3 Å². The van der Waals surface area contributed by atoms with Gasteiger partial charge in [-0.25, -0.2) is 9.59 Å². The standard InChI is InChI=1S/C22H24N4O7S/c1-11(2)9-26-18(23)16(20(29)25(4)22(26)31)13(27)10-33-21(30)17-12(3)8-15(34-17)24-19(28)14-6-5-7-32-14/h5-8,11H,9-10,23H2,1-4H3,(H,24,28). The van der Waals surface area contributed by atoms with Gasteiger partial charge in [-0.15, -0.1) is 11.3 Å². The van der Waals surface area contributed by atoms with Gasteiger partial charge in [0.05, 0.1) is 11.3 Å². The number of anilines is 2. The van der Waals surface area contributed by atoms with Gasteiger partial charge in [-0.2, -0.15) is 0 Å². The third-order valence-electron chi connectivity index (χ3n) is 4.83. The summed E-state index contributed by atoms with van der Waals surface area (Å²) in [4.78, 5) is 62.5. The fraction of sp³-hybridized carbons (Fsp3) is 0.318. The van der Waals surface area contributed by atoms with Crippen molar-refractivity contribution >= 4 is 39.8 Å². The number of amides is 1. The molecule has 3 aromatic rings. The van der Waals surface area contributed by atoms with E-state index in [0.717, 1.165) is 20.5 Å². The molecular formula is C22H24N4O7S. The van der Waals surface area contributed by atoms with E-state index in [1.54, 1.807) is 19.1 Å². The number of aromatic nitrogens is 2. The monoisotopic (exact) mass is 488 g/mol. The van der Waals surface area contributed by atoms with Gasteiger partial charge in [0.25, 0.3) is 11.5 Å². The van der Waals surface area contributed by atoms with Gasteiger partial charge >= 0.3 is 11.7 Å². The summed E-state index contributed by atoms with van der Waals surface area (Å²) in [6.45, 7) is 4.82. The number of carbonyl (C=O) groups is 3. The van der Waals surface area contributed by atoms with Crippen LogP contribution in [0.5, 0.6) is 0 Å². The molecule has 1 amide bonds. The molecule has 0 aliphatic heterocycles. The van der Waals surface area contributed by atoms with Crippen LogP contribution in [0.3, 0.4) is 0 Å². The van der Waals surface area contributed by atoms with Gasteiger partial charge in [0, 0.05) is 13.6 Å². The predicted octanol–water partition coefficient (Wildman–Crippen LogP) is 2.04.